The van der Waals surface area contributed by atoms with Gasteiger partial charge in [-0.2, -0.15) is 0 Å². The van der Waals surface area contributed by atoms with Gasteiger partial charge in [0.2, 0.25) is 0 Å². The van der Waals surface area contributed by atoms with Crippen molar-refractivity contribution in [2.45, 2.75) is 0 Å². The molecule has 2 aromatic rings. The van der Waals surface area contributed by atoms with Crippen LogP contribution in [0.25, 0.3) is 0 Å². The molecule has 29 heavy (non-hydrogen) atoms. The summed E-state index contributed by atoms with van der Waals surface area (Å²) in [6.45, 7) is 0. The first-order valence-corrected chi connectivity index (χ1v) is 8.31. The molecule has 2 rings (SSSR count). The first kappa shape index (κ1) is 23.3. The van der Waals surface area contributed by atoms with Gasteiger partial charge >= 0.3 is 0 Å². The summed E-state index contributed by atoms with van der Waals surface area (Å²) in [5.41, 5.74) is 15.3. The summed E-state index contributed by atoms with van der Waals surface area (Å²) in [4.78, 5) is 33.6. The Hall–Kier alpha value is -3.73. The molecular weight excluding hydrogens is 398 g/mol. The summed E-state index contributed by atoms with van der Waals surface area (Å²) in [5.74, 6) is 7.24. The van der Waals surface area contributed by atoms with Crippen LogP contribution in [-0.2, 0) is 9.59 Å². The number of nitrogen functional groups attached to an aromatic ring is 1. The summed E-state index contributed by atoms with van der Waals surface area (Å²) in [5, 5.41) is 7.43. The SMILES string of the molecule is N=C(N)/C(=C/C(=O)NN)C(=O)NN.Nc1ccc(Cl)cc1C(=O)c1ccccc1. The Morgan fingerprint density at radius 2 is 1.62 bits per heavy atom. The van der Waals surface area contributed by atoms with Crippen molar-refractivity contribution < 1.29 is 14.4 Å². The number of hydrogen-bond acceptors (Lipinski definition) is 7. The standard InChI is InChI=1S/C13H10ClNO.C5H10N6O2/c14-10-6-7-12(15)11(8-10)13(16)9-4-2-1-3-5-9;6-4(7)2(5(13)11-9)1-3(12)10-8/h1-8H,15H2;1H,8-9H2,(H3,6,7)(H,10,12)(H,11,13)/b;2-1-. The number of amides is 2. The minimum Gasteiger partial charge on any atom is -0.398 e. The van der Waals surface area contributed by atoms with Gasteiger partial charge in [0.25, 0.3) is 11.8 Å². The molecule has 0 aliphatic carbocycles. The molecule has 0 heterocycles. The number of rotatable bonds is 5. The number of nitrogens with two attached hydrogens (primary N) is 4. The van der Waals surface area contributed by atoms with Crippen molar-refractivity contribution in [1.82, 2.24) is 10.9 Å². The lowest BCUT2D eigenvalue weighted by molar-refractivity contribution is -0.119. The van der Waals surface area contributed by atoms with Crippen LogP contribution >= 0.6 is 11.6 Å². The average molecular weight is 418 g/mol. The van der Waals surface area contributed by atoms with Gasteiger partial charge in [0.15, 0.2) is 5.78 Å². The number of benzene rings is 2. The predicted octanol–water partition coefficient (Wildman–Crippen LogP) is -0.0182. The molecule has 2 aromatic carbocycles. The van der Waals surface area contributed by atoms with Crippen LogP contribution in [-0.4, -0.2) is 23.4 Å². The zero-order chi connectivity index (χ0) is 22.0. The van der Waals surface area contributed by atoms with Crippen LogP contribution in [0.15, 0.2) is 60.2 Å². The van der Waals surface area contributed by atoms with Gasteiger partial charge in [-0.1, -0.05) is 41.9 Å². The lowest BCUT2D eigenvalue weighted by Crippen LogP contribution is -2.37. The molecule has 0 saturated heterocycles. The van der Waals surface area contributed by atoms with Crippen LogP contribution in [0.5, 0.6) is 0 Å². The van der Waals surface area contributed by atoms with E-state index < -0.39 is 17.6 Å². The molecule has 0 fully saturated rings. The molecule has 0 spiro atoms. The number of anilines is 1. The van der Waals surface area contributed by atoms with Crippen LogP contribution in [0, 0.1) is 5.41 Å². The number of hydrazine groups is 2. The number of carbonyl (C=O) groups is 3. The maximum absolute atomic E-state index is 12.1. The van der Waals surface area contributed by atoms with E-state index in [9.17, 15) is 14.4 Å². The Balaban J connectivity index is 0.000000298. The van der Waals surface area contributed by atoms with Crippen LogP contribution in [0.1, 0.15) is 15.9 Å². The summed E-state index contributed by atoms with van der Waals surface area (Å²) < 4.78 is 0. The van der Waals surface area contributed by atoms with E-state index in [0.29, 0.717) is 21.8 Å². The zero-order valence-corrected chi connectivity index (χ0v) is 15.9. The van der Waals surface area contributed by atoms with Gasteiger partial charge in [-0.05, 0) is 18.2 Å². The average Bonchev–Trinajstić information content (AvgIpc) is 2.73. The Kier molecular flexibility index (Phi) is 8.99. The fraction of sp³-hybridized carbons (Fsp3) is 0. The van der Waals surface area contributed by atoms with Gasteiger partial charge in [-0.15, -0.1) is 0 Å². The van der Waals surface area contributed by atoms with Crippen molar-refractivity contribution in [1.29, 1.82) is 5.41 Å². The van der Waals surface area contributed by atoms with Crippen molar-refractivity contribution in [2.75, 3.05) is 5.73 Å². The minimum atomic E-state index is -0.837. The minimum absolute atomic E-state index is 0.111. The molecular formula is C18H20ClN7O3. The Morgan fingerprint density at radius 3 is 2.14 bits per heavy atom. The summed E-state index contributed by atoms with van der Waals surface area (Å²) in [6, 6.07) is 13.9. The highest BCUT2D eigenvalue weighted by Crippen LogP contribution is 2.20. The van der Waals surface area contributed by atoms with Gasteiger partial charge in [-0.25, -0.2) is 11.7 Å². The van der Waals surface area contributed by atoms with E-state index in [1.807, 2.05) is 18.2 Å². The second-order valence-electron chi connectivity index (χ2n) is 5.38. The number of nitrogens with one attached hydrogen (secondary N) is 3. The lowest BCUT2D eigenvalue weighted by atomic mass is 10.0. The molecule has 0 aliphatic rings. The number of carbonyl (C=O) groups excluding carboxylic acids is 3. The summed E-state index contributed by atoms with van der Waals surface area (Å²) >= 11 is 5.84. The second kappa shape index (κ2) is 11.2. The molecule has 0 saturated carbocycles. The van der Waals surface area contributed by atoms with Crippen molar-refractivity contribution in [3.05, 3.63) is 76.3 Å². The molecule has 0 radical (unpaired) electrons. The highest BCUT2D eigenvalue weighted by molar-refractivity contribution is 6.31. The van der Waals surface area contributed by atoms with Gasteiger partial charge in [0.1, 0.15) is 5.84 Å². The number of hydrogen-bond donors (Lipinski definition) is 7. The largest absolute Gasteiger partial charge is 0.398 e. The van der Waals surface area contributed by atoms with E-state index in [1.165, 1.54) is 0 Å². The Morgan fingerprint density at radius 1 is 1.00 bits per heavy atom. The maximum atomic E-state index is 12.1. The summed E-state index contributed by atoms with van der Waals surface area (Å²) in [6.07, 6.45) is 0.768. The fourth-order valence-corrected chi connectivity index (χ4v) is 2.16. The van der Waals surface area contributed by atoms with Gasteiger partial charge in [-0.3, -0.25) is 30.6 Å². The molecule has 2 amide bonds. The fourth-order valence-electron chi connectivity index (χ4n) is 1.99. The topological polar surface area (TPSA) is 203 Å². The number of amidine groups is 1. The second-order valence-corrected chi connectivity index (χ2v) is 5.82. The Bertz CT molecular complexity index is 946. The van der Waals surface area contributed by atoms with Gasteiger partial charge in [0.05, 0.1) is 5.57 Å². The van der Waals surface area contributed by atoms with E-state index in [0.717, 1.165) is 6.08 Å². The predicted molar refractivity (Wildman–Crippen MR) is 110 cm³/mol. The maximum Gasteiger partial charge on any atom is 0.269 e. The quantitative estimate of drug-likeness (QED) is 0.0517. The molecule has 0 aliphatic heterocycles. The van der Waals surface area contributed by atoms with Crippen molar-refractivity contribution in [3.8, 4) is 0 Å². The first-order valence-electron chi connectivity index (χ1n) is 7.93. The van der Waals surface area contributed by atoms with E-state index >= 15 is 0 Å². The number of ketones is 1. The first-order chi connectivity index (χ1) is 13.7. The third-order valence-electron chi connectivity index (χ3n) is 3.38. The number of halogens is 1. The molecule has 0 unspecified atom stereocenters. The molecule has 0 bridgehead atoms. The lowest BCUT2D eigenvalue weighted by Gasteiger charge is -2.05. The van der Waals surface area contributed by atoms with Crippen molar-refractivity contribution in [2.24, 2.45) is 17.4 Å². The molecule has 10 nitrogen and oxygen atoms in total. The highest BCUT2D eigenvalue weighted by Gasteiger charge is 2.13. The third-order valence-corrected chi connectivity index (χ3v) is 3.61. The Labute approximate surface area is 171 Å². The van der Waals surface area contributed by atoms with Crippen LogP contribution in [0.3, 0.4) is 0 Å². The van der Waals surface area contributed by atoms with Crippen LogP contribution < -0.4 is 34.0 Å². The highest BCUT2D eigenvalue weighted by atomic mass is 35.5. The molecule has 0 atom stereocenters. The third kappa shape index (κ3) is 7.07. The summed E-state index contributed by atoms with van der Waals surface area (Å²) in [7, 11) is 0. The van der Waals surface area contributed by atoms with Gasteiger partial charge in [0, 0.05) is 27.9 Å². The van der Waals surface area contributed by atoms with Crippen LogP contribution in [0.4, 0.5) is 5.69 Å². The van der Waals surface area contributed by atoms with E-state index in [4.69, 9.17) is 40.2 Å². The van der Waals surface area contributed by atoms with E-state index in [-0.39, 0.29) is 11.4 Å². The normalized spacial score (nSPS) is 10.2. The smallest absolute Gasteiger partial charge is 0.269 e. The van der Waals surface area contributed by atoms with E-state index in [1.54, 1.807) is 41.2 Å². The molecule has 11 heteroatoms. The van der Waals surface area contributed by atoms with Gasteiger partial charge < -0.3 is 11.5 Å². The van der Waals surface area contributed by atoms with E-state index in [2.05, 4.69) is 0 Å². The van der Waals surface area contributed by atoms with Crippen molar-refractivity contribution >= 4 is 40.7 Å². The monoisotopic (exact) mass is 417 g/mol. The van der Waals surface area contributed by atoms with Crippen molar-refractivity contribution in [3.63, 3.8) is 0 Å². The van der Waals surface area contributed by atoms with Crippen LogP contribution in [0.2, 0.25) is 5.02 Å². The molecule has 152 valence electrons. The zero-order valence-electron chi connectivity index (χ0n) is 15.1. The molecule has 0 aromatic heterocycles. The molecule has 11 N–H and O–H groups in total.